The first-order valence-electron chi connectivity index (χ1n) is 7.71. The molecule has 2 rings (SSSR count). The van der Waals surface area contributed by atoms with E-state index in [9.17, 15) is 0 Å². The Morgan fingerprint density at radius 1 is 1.33 bits per heavy atom. The fourth-order valence-corrected chi connectivity index (χ4v) is 3.56. The summed E-state index contributed by atoms with van der Waals surface area (Å²) in [6.45, 7) is 8.84. The van der Waals surface area contributed by atoms with Crippen LogP contribution in [0.25, 0.3) is 0 Å². The molecule has 118 valence electrons. The van der Waals surface area contributed by atoms with Gasteiger partial charge in [0.2, 0.25) is 0 Å². The van der Waals surface area contributed by atoms with Crippen LogP contribution < -0.4 is 10.1 Å². The van der Waals surface area contributed by atoms with Gasteiger partial charge in [0.1, 0.15) is 5.75 Å². The molecule has 0 saturated carbocycles. The van der Waals surface area contributed by atoms with Gasteiger partial charge in [-0.15, -0.1) is 0 Å². The molecule has 0 spiro atoms. The summed E-state index contributed by atoms with van der Waals surface area (Å²) in [7, 11) is 0. The molecule has 1 aliphatic heterocycles. The Hall–Kier alpha value is -0.480. The summed E-state index contributed by atoms with van der Waals surface area (Å²) in [5.41, 5.74) is 1.02. The third kappa shape index (κ3) is 4.49. The highest BCUT2D eigenvalue weighted by atomic mass is 35.5. The highest BCUT2D eigenvalue weighted by Crippen LogP contribution is 2.32. The van der Waals surface area contributed by atoms with Gasteiger partial charge in [0.15, 0.2) is 0 Å². The summed E-state index contributed by atoms with van der Waals surface area (Å²) in [6, 6.07) is 4.30. The van der Waals surface area contributed by atoms with Crippen molar-refractivity contribution < 1.29 is 4.74 Å². The van der Waals surface area contributed by atoms with Gasteiger partial charge in [-0.25, -0.2) is 0 Å². The maximum atomic E-state index is 6.22. The molecule has 1 saturated heterocycles. The third-order valence-corrected chi connectivity index (χ3v) is 4.47. The van der Waals surface area contributed by atoms with Crippen molar-refractivity contribution in [2.45, 2.75) is 39.3 Å². The molecule has 1 atom stereocenters. The summed E-state index contributed by atoms with van der Waals surface area (Å²) < 4.78 is 5.65. The lowest BCUT2D eigenvalue weighted by atomic mass is 10.1. The van der Waals surface area contributed by atoms with Gasteiger partial charge >= 0.3 is 0 Å². The maximum Gasteiger partial charge on any atom is 0.142 e. The van der Waals surface area contributed by atoms with Crippen molar-refractivity contribution in [3.8, 4) is 5.75 Å². The number of hydrogen-bond acceptors (Lipinski definition) is 3. The molecule has 0 amide bonds. The summed E-state index contributed by atoms with van der Waals surface area (Å²) in [4.78, 5) is 2.53. The van der Waals surface area contributed by atoms with E-state index in [1.54, 1.807) is 6.07 Å². The van der Waals surface area contributed by atoms with E-state index in [2.05, 4.69) is 17.1 Å². The fourth-order valence-electron chi connectivity index (χ4n) is 2.97. The minimum absolute atomic E-state index is 0.581. The van der Waals surface area contributed by atoms with Crippen LogP contribution in [0.5, 0.6) is 5.75 Å². The molecule has 1 aromatic rings. The molecule has 1 unspecified atom stereocenters. The molecule has 0 aromatic heterocycles. The van der Waals surface area contributed by atoms with Crippen LogP contribution >= 0.6 is 23.2 Å². The van der Waals surface area contributed by atoms with E-state index in [1.807, 2.05) is 13.0 Å². The van der Waals surface area contributed by atoms with Crippen LogP contribution in [0.2, 0.25) is 10.0 Å². The van der Waals surface area contributed by atoms with Crippen molar-refractivity contribution in [3.05, 3.63) is 27.7 Å². The lowest BCUT2D eigenvalue weighted by Gasteiger charge is -2.23. The number of nitrogens with one attached hydrogen (secondary N) is 1. The Morgan fingerprint density at radius 2 is 2.14 bits per heavy atom. The fraction of sp³-hybridized carbons (Fsp3) is 0.625. The first-order valence-corrected chi connectivity index (χ1v) is 8.46. The molecular weight excluding hydrogens is 307 g/mol. The zero-order valence-electron chi connectivity index (χ0n) is 12.8. The number of nitrogens with zero attached hydrogens (tertiary/aromatic N) is 1. The predicted molar refractivity (Wildman–Crippen MR) is 89.6 cm³/mol. The van der Waals surface area contributed by atoms with Crippen LogP contribution in [0, 0.1) is 0 Å². The van der Waals surface area contributed by atoms with Gasteiger partial charge < -0.3 is 10.1 Å². The van der Waals surface area contributed by atoms with Crippen molar-refractivity contribution in [1.82, 2.24) is 10.2 Å². The van der Waals surface area contributed by atoms with Gasteiger partial charge in [-0.3, -0.25) is 4.90 Å². The minimum atomic E-state index is 0.581. The number of benzene rings is 1. The largest absolute Gasteiger partial charge is 0.492 e. The Labute approximate surface area is 137 Å². The Balaban J connectivity index is 1.96. The van der Waals surface area contributed by atoms with Crippen molar-refractivity contribution in [2.75, 3.05) is 26.2 Å². The summed E-state index contributed by atoms with van der Waals surface area (Å²) in [6.07, 6.45) is 2.57. The molecule has 3 nitrogen and oxygen atoms in total. The second-order valence-corrected chi connectivity index (χ2v) is 6.21. The number of likely N-dealkylation sites (N-methyl/N-ethyl adjacent to an activating group) is 1. The summed E-state index contributed by atoms with van der Waals surface area (Å²) in [5, 5.41) is 4.75. The van der Waals surface area contributed by atoms with Gasteiger partial charge in [0.05, 0.1) is 11.6 Å². The van der Waals surface area contributed by atoms with Crippen LogP contribution in [0.15, 0.2) is 12.1 Å². The SMILES string of the molecule is CCOc1c(Cl)cc(Cl)cc1CNCC1CCCN1CC. The quantitative estimate of drug-likeness (QED) is 0.818. The number of hydrogen-bond donors (Lipinski definition) is 1. The van der Waals surface area contributed by atoms with Crippen LogP contribution in [-0.4, -0.2) is 37.2 Å². The standard InChI is InChI=1S/C16H24Cl2N2O/c1-3-20-7-5-6-14(20)11-19-10-12-8-13(17)9-15(18)16(12)21-4-2/h8-9,14,19H,3-7,10-11H2,1-2H3. The van der Waals surface area contributed by atoms with Gasteiger partial charge in [-0.1, -0.05) is 30.1 Å². The number of halogens is 2. The van der Waals surface area contributed by atoms with Crippen LogP contribution in [0.4, 0.5) is 0 Å². The van der Waals surface area contributed by atoms with E-state index >= 15 is 0 Å². The van der Waals surface area contributed by atoms with Crippen LogP contribution in [0.1, 0.15) is 32.3 Å². The van der Waals surface area contributed by atoms with Crippen LogP contribution in [-0.2, 0) is 6.54 Å². The average Bonchev–Trinajstić information content (AvgIpc) is 2.90. The number of likely N-dealkylation sites (tertiary alicyclic amines) is 1. The van der Waals surface area contributed by atoms with Gasteiger partial charge in [0.25, 0.3) is 0 Å². The van der Waals surface area contributed by atoms with Gasteiger partial charge in [-0.05, 0) is 45.0 Å². The average molecular weight is 331 g/mol. The van der Waals surface area contributed by atoms with E-state index in [-0.39, 0.29) is 0 Å². The van der Waals surface area contributed by atoms with Crippen molar-refractivity contribution >= 4 is 23.2 Å². The minimum Gasteiger partial charge on any atom is -0.492 e. The highest BCUT2D eigenvalue weighted by molar-refractivity contribution is 6.35. The molecule has 21 heavy (non-hydrogen) atoms. The Bertz CT molecular complexity index is 468. The molecule has 1 N–H and O–H groups in total. The molecule has 1 aliphatic rings. The molecule has 0 radical (unpaired) electrons. The molecule has 1 heterocycles. The van der Waals surface area contributed by atoms with Gasteiger partial charge in [0, 0.05) is 29.7 Å². The molecule has 5 heteroatoms. The summed E-state index contributed by atoms with van der Waals surface area (Å²) in [5.74, 6) is 0.745. The first kappa shape index (κ1) is 16.9. The second-order valence-electron chi connectivity index (χ2n) is 5.36. The number of ether oxygens (including phenoxy) is 1. The smallest absolute Gasteiger partial charge is 0.142 e. The topological polar surface area (TPSA) is 24.5 Å². The molecule has 0 bridgehead atoms. The van der Waals surface area contributed by atoms with Crippen molar-refractivity contribution in [3.63, 3.8) is 0 Å². The molecule has 1 fully saturated rings. The van der Waals surface area contributed by atoms with Crippen molar-refractivity contribution in [1.29, 1.82) is 0 Å². The van der Waals surface area contributed by atoms with E-state index in [0.29, 0.717) is 22.7 Å². The second kappa shape index (κ2) is 8.23. The molecule has 0 aliphatic carbocycles. The predicted octanol–water partition coefficient (Wildman–Crippen LogP) is 3.97. The van der Waals surface area contributed by atoms with Crippen LogP contribution in [0.3, 0.4) is 0 Å². The summed E-state index contributed by atoms with van der Waals surface area (Å²) >= 11 is 12.3. The van der Waals surface area contributed by atoms with Gasteiger partial charge in [-0.2, -0.15) is 0 Å². The Kier molecular flexibility index (Phi) is 6.62. The zero-order valence-corrected chi connectivity index (χ0v) is 14.3. The van der Waals surface area contributed by atoms with E-state index in [4.69, 9.17) is 27.9 Å². The van der Waals surface area contributed by atoms with E-state index in [0.717, 1.165) is 30.9 Å². The highest BCUT2D eigenvalue weighted by Gasteiger charge is 2.22. The maximum absolute atomic E-state index is 6.22. The normalized spacial score (nSPS) is 19.1. The number of rotatable bonds is 7. The van der Waals surface area contributed by atoms with E-state index < -0.39 is 0 Å². The lowest BCUT2D eigenvalue weighted by Crippen LogP contribution is -2.37. The monoisotopic (exact) mass is 330 g/mol. The Morgan fingerprint density at radius 3 is 2.86 bits per heavy atom. The zero-order chi connectivity index (χ0) is 15.2. The first-order chi connectivity index (χ1) is 10.2. The van der Waals surface area contributed by atoms with Crippen molar-refractivity contribution in [2.24, 2.45) is 0 Å². The molecule has 1 aromatic carbocycles. The molecular formula is C16H24Cl2N2O. The third-order valence-electron chi connectivity index (χ3n) is 3.97. The van der Waals surface area contributed by atoms with E-state index in [1.165, 1.54) is 19.4 Å². The lowest BCUT2D eigenvalue weighted by molar-refractivity contribution is 0.259.